The van der Waals surface area contributed by atoms with Gasteiger partial charge in [-0.25, -0.2) is 17.8 Å². The van der Waals surface area contributed by atoms with Crippen LogP contribution in [-0.2, 0) is 21.0 Å². The molecule has 2 aliphatic rings. The number of aromatic amines is 1. The van der Waals surface area contributed by atoms with Gasteiger partial charge in [0.15, 0.2) is 23.1 Å². The summed E-state index contributed by atoms with van der Waals surface area (Å²) in [4.78, 5) is 16.9. The topological polar surface area (TPSA) is 111 Å². The molecule has 3 aromatic rings. The molecule has 0 bridgehead atoms. The number of benzene rings is 1. The first-order valence-corrected chi connectivity index (χ1v) is 12.3. The lowest BCUT2D eigenvalue weighted by atomic mass is 10.2. The van der Waals surface area contributed by atoms with Crippen LogP contribution >= 0.6 is 0 Å². The summed E-state index contributed by atoms with van der Waals surface area (Å²) in [5.41, 5.74) is -0.994. The number of fused-ring (bicyclic) bond motifs is 1. The number of rotatable bonds is 5. The van der Waals surface area contributed by atoms with Crippen molar-refractivity contribution < 1.29 is 30.8 Å². The first-order chi connectivity index (χ1) is 16.6. The van der Waals surface area contributed by atoms with E-state index in [0.717, 1.165) is 35.3 Å². The van der Waals surface area contributed by atoms with Gasteiger partial charge in [-0.1, -0.05) is 12.1 Å². The Morgan fingerprint density at radius 3 is 2.46 bits per heavy atom. The van der Waals surface area contributed by atoms with E-state index in [-0.39, 0.29) is 55.3 Å². The summed E-state index contributed by atoms with van der Waals surface area (Å²) in [6.07, 6.45) is -3.22. The molecule has 35 heavy (non-hydrogen) atoms. The van der Waals surface area contributed by atoms with E-state index < -0.39 is 32.5 Å². The summed E-state index contributed by atoms with van der Waals surface area (Å²) in [5.74, 6) is -0.815. The lowest BCUT2D eigenvalue weighted by molar-refractivity contribution is -0.140. The lowest BCUT2D eigenvalue weighted by Gasteiger charge is -2.35. The predicted octanol–water partition coefficient (Wildman–Crippen LogP) is 2.98. The lowest BCUT2D eigenvalue weighted by Crippen LogP contribution is -2.49. The number of nitrogens with zero attached hydrogens (tertiary/aromatic N) is 4. The van der Waals surface area contributed by atoms with Gasteiger partial charge in [0.25, 0.3) is 0 Å². The van der Waals surface area contributed by atoms with Gasteiger partial charge in [-0.2, -0.15) is 22.6 Å². The van der Waals surface area contributed by atoms with Crippen LogP contribution in [0.2, 0.25) is 0 Å². The highest BCUT2D eigenvalue weighted by Crippen LogP contribution is 2.36. The molecule has 3 heterocycles. The zero-order valence-corrected chi connectivity index (χ0v) is 19.0. The van der Waals surface area contributed by atoms with Gasteiger partial charge in [0.2, 0.25) is 15.9 Å². The number of alkyl halides is 3. The van der Waals surface area contributed by atoms with Crippen LogP contribution in [0.3, 0.4) is 0 Å². The summed E-state index contributed by atoms with van der Waals surface area (Å²) < 4.78 is 81.8. The minimum absolute atomic E-state index is 0.0161. The molecule has 1 saturated heterocycles. The fraction of sp³-hybridized carbons (Fsp3) is 0.381. The molecule has 2 aromatic heterocycles. The second kappa shape index (κ2) is 8.45. The number of carbonyl (C=O) groups is 1. The second-order valence-electron chi connectivity index (χ2n) is 8.41. The number of anilines is 2. The molecule has 2 N–H and O–H groups in total. The molecular weight excluding hydrogens is 492 g/mol. The van der Waals surface area contributed by atoms with Crippen LogP contribution in [0.25, 0.3) is 11.0 Å². The van der Waals surface area contributed by atoms with Crippen molar-refractivity contribution in [2.75, 3.05) is 36.4 Å². The van der Waals surface area contributed by atoms with Gasteiger partial charge < -0.3 is 10.2 Å². The normalized spacial score (nSPS) is 17.7. The number of H-pyrrole nitrogens is 1. The SMILES string of the molecule is O=C(Nc1n[nH]c2nc(N3CCN(S(=O)(=O)c4ccccc4C(F)(F)F)CC3)c(F)cc12)C1CC1. The third kappa shape index (κ3) is 4.43. The van der Waals surface area contributed by atoms with Crippen LogP contribution in [0.4, 0.5) is 29.2 Å². The molecule has 0 unspecified atom stereocenters. The number of carbonyl (C=O) groups excluding carboxylic acids is 1. The number of piperazine rings is 1. The van der Waals surface area contributed by atoms with Gasteiger partial charge in [-0.3, -0.25) is 9.89 Å². The van der Waals surface area contributed by atoms with Crippen molar-refractivity contribution in [2.45, 2.75) is 23.9 Å². The molecule has 0 spiro atoms. The van der Waals surface area contributed by atoms with Gasteiger partial charge in [-0.05, 0) is 31.0 Å². The van der Waals surface area contributed by atoms with E-state index in [0.29, 0.717) is 5.39 Å². The summed E-state index contributed by atoms with van der Waals surface area (Å²) >= 11 is 0. The Morgan fingerprint density at radius 2 is 1.80 bits per heavy atom. The Hall–Kier alpha value is -3.26. The van der Waals surface area contributed by atoms with E-state index in [1.807, 2.05) is 0 Å². The number of pyridine rings is 1. The van der Waals surface area contributed by atoms with Crippen molar-refractivity contribution in [1.29, 1.82) is 0 Å². The van der Waals surface area contributed by atoms with E-state index >= 15 is 0 Å². The molecule has 5 rings (SSSR count). The number of sulfonamides is 1. The molecule has 1 saturated carbocycles. The van der Waals surface area contributed by atoms with Crippen LogP contribution in [0.15, 0.2) is 35.2 Å². The highest BCUT2D eigenvalue weighted by molar-refractivity contribution is 7.89. The number of amides is 1. The van der Waals surface area contributed by atoms with Gasteiger partial charge in [0.05, 0.1) is 15.8 Å². The average molecular weight is 512 g/mol. The monoisotopic (exact) mass is 512 g/mol. The van der Waals surface area contributed by atoms with E-state index in [9.17, 15) is 30.8 Å². The Balaban J connectivity index is 1.34. The molecular formula is C21H20F4N6O3S. The number of aromatic nitrogens is 3. The fourth-order valence-corrected chi connectivity index (χ4v) is 5.63. The van der Waals surface area contributed by atoms with Crippen molar-refractivity contribution in [1.82, 2.24) is 19.5 Å². The highest BCUT2D eigenvalue weighted by atomic mass is 32.2. The van der Waals surface area contributed by atoms with Crippen LogP contribution in [-0.4, -0.2) is 60.0 Å². The maximum Gasteiger partial charge on any atom is 0.417 e. The first kappa shape index (κ1) is 23.5. The van der Waals surface area contributed by atoms with Crippen molar-refractivity contribution in [3.05, 3.63) is 41.7 Å². The second-order valence-corrected chi connectivity index (χ2v) is 10.3. The molecule has 9 nitrogen and oxygen atoms in total. The number of hydrogen-bond acceptors (Lipinski definition) is 6. The molecule has 1 aliphatic heterocycles. The Labute approximate surface area is 197 Å². The van der Waals surface area contributed by atoms with E-state index in [1.54, 1.807) is 0 Å². The number of nitrogens with one attached hydrogen (secondary N) is 2. The highest BCUT2D eigenvalue weighted by Gasteiger charge is 2.39. The third-order valence-electron chi connectivity index (χ3n) is 6.02. The summed E-state index contributed by atoms with van der Waals surface area (Å²) in [5, 5.41) is 9.59. The van der Waals surface area contributed by atoms with Crippen molar-refractivity contribution >= 4 is 38.6 Å². The minimum atomic E-state index is -4.82. The molecule has 2 fully saturated rings. The number of halogens is 4. The molecule has 186 valence electrons. The maximum absolute atomic E-state index is 14.9. The molecule has 1 aromatic carbocycles. The van der Waals surface area contributed by atoms with Gasteiger partial charge in [0.1, 0.15) is 0 Å². The maximum atomic E-state index is 14.9. The van der Waals surface area contributed by atoms with E-state index in [4.69, 9.17) is 0 Å². The predicted molar refractivity (Wildman–Crippen MR) is 118 cm³/mol. The molecule has 1 amide bonds. The summed E-state index contributed by atoms with van der Waals surface area (Å²) in [7, 11) is -4.42. The van der Waals surface area contributed by atoms with E-state index in [1.165, 1.54) is 17.0 Å². The van der Waals surface area contributed by atoms with Gasteiger partial charge >= 0.3 is 6.18 Å². The van der Waals surface area contributed by atoms with Crippen molar-refractivity contribution in [3.8, 4) is 0 Å². The minimum Gasteiger partial charge on any atom is -0.351 e. The smallest absolute Gasteiger partial charge is 0.351 e. The third-order valence-corrected chi connectivity index (χ3v) is 7.98. The summed E-state index contributed by atoms with van der Waals surface area (Å²) in [6, 6.07) is 5.20. The molecule has 0 atom stereocenters. The Kier molecular flexibility index (Phi) is 5.67. The average Bonchev–Trinajstić information content (AvgIpc) is 3.61. The zero-order valence-electron chi connectivity index (χ0n) is 18.1. The largest absolute Gasteiger partial charge is 0.417 e. The van der Waals surface area contributed by atoms with Crippen LogP contribution in [0, 0.1) is 11.7 Å². The standard InChI is InChI=1S/C21H20F4N6O3S/c22-15-11-13-17(28-29-18(13)27-20(32)12-5-6-12)26-19(15)30-7-9-31(10-8-30)35(33,34)16-4-2-1-3-14(16)21(23,24)25/h1-4,11-12H,5-10H2,(H2,26,27,28,29,32). The molecule has 0 radical (unpaired) electrons. The van der Waals surface area contributed by atoms with Crippen molar-refractivity contribution in [2.24, 2.45) is 5.92 Å². The van der Waals surface area contributed by atoms with Crippen molar-refractivity contribution in [3.63, 3.8) is 0 Å². The van der Waals surface area contributed by atoms with Gasteiger partial charge in [0, 0.05) is 32.1 Å². The van der Waals surface area contributed by atoms with Crippen LogP contribution in [0.1, 0.15) is 18.4 Å². The van der Waals surface area contributed by atoms with Crippen LogP contribution < -0.4 is 10.2 Å². The molecule has 1 aliphatic carbocycles. The van der Waals surface area contributed by atoms with Crippen LogP contribution in [0.5, 0.6) is 0 Å². The van der Waals surface area contributed by atoms with Gasteiger partial charge in [-0.15, -0.1) is 0 Å². The zero-order chi connectivity index (χ0) is 25.0. The first-order valence-electron chi connectivity index (χ1n) is 10.8. The fourth-order valence-electron chi connectivity index (χ4n) is 4.00. The quantitative estimate of drug-likeness (QED) is 0.509. The summed E-state index contributed by atoms with van der Waals surface area (Å²) in [6.45, 7) is -0.275. The number of hydrogen-bond donors (Lipinski definition) is 2. The Bertz CT molecular complexity index is 1400. The molecule has 14 heteroatoms. The van der Waals surface area contributed by atoms with E-state index in [2.05, 4.69) is 20.5 Å². The Morgan fingerprint density at radius 1 is 1.11 bits per heavy atom.